The molecule has 6 nitrogen and oxygen atoms in total. The van der Waals surface area contributed by atoms with Gasteiger partial charge in [0.2, 0.25) is 11.8 Å². The highest BCUT2D eigenvalue weighted by Crippen LogP contribution is 2.28. The highest BCUT2D eigenvalue weighted by molar-refractivity contribution is 5.89. The Labute approximate surface area is 172 Å². The van der Waals surface area contributed by atoms with Crippen LogP contribution < -0.4 is 5.32 Å². The maximum atomic E-state index is 12.9. The fourth-order valence-electron chi connectivity index (χ4n) is 4.55. The molecule has 6 heteroatoms. The summed E-state index contributed by atoms with van der Waals surface area (Å²) < 4.78 is 2.02. The molecule has 1 N–H and O–H groups in total. The Morgan fingerprint density at radius 3 is 2.48 bits per heavy atom. The quantitative estimate of drug-likeness (QED) is 0.819. The summed E-state index contributed by atoms with van der Waals surface area (Å²) in [6, 6.07) is 7.95. The molecule has 0 unspecified atom stereocenters. The topological polar surface area (TPSA) is 67.2 Å². The van der Waals surface area contributed by atoms with Crippen molar-refractivity contribution in [3.05, 3.63) is 54.1 Å². The molecule has 29 heavy (non-hydrogen) atoms. The predicted octanol–water partition coefficient (Wildman–Crippen LogP) is 3.12. The van der Waals surface area contributed by atoms with Crippen molar-refractivity contribution in [2.75, 3.05) is 6.54 Å². The van der Waals surface area contributed by atoms with Crippen LogP contribution in [-0.2, 0) is 22.7 Å². The van der Waals surface area contributed by atoms with Crippen molar-refractivity contribution >= 4 is 11.8 Å². The Kier molecular flexibility index (Phi) is 6.27. The van der Waals surface area contributed by atoms with Crippen molar-refractivity contribution < 1.29 is 9.59 Å². The molecule has 154 valence electrons. The van der Waals surface area contributed by atoms with Gasteiger partial charge in [0, 0.05) is 37.9 Å². The van der Waals surface area contributed by atoms with E-state index >= 15 is 0 Å². The minimum Gasteiger partial charge on any atom is -0.350 e. The molecule has 0 radical (unpaired) electrons. The van der Waals surface area contributed by atoms with Crippen molar-refractivity contribution in [3.63, 3.8) is 0 Å². The van der Waals surface area contributed by atoms with Gasteiger partial charge in [0.05, 0.1) is 6.33 Å². The zero-order valence-electron chi connectivity index (χ0n) is 16.9. The van der Waals surface area contributed by atoms with Crippen molar-refractivity contribution in [2.24, 2.45) is 5.92 Å². The first-order valence-electron chi connectivity index (χ1n) is 10.8. The molecule has 1 saturated heterocycles. The van der Waals surface area contributed by atoms with E-state index in [4.69, 9.17) is 0 Å². The number of aromatic nitrogens is 2. The van der Waals surface area contributed by atoms with Crippen molar-refractivity contribution in [2.45, 2.75) is 64.1 Å². The maximum Gasteiger partial charge on any atom is 0.243 e. The zero-order chi connectivity index (χ0) is 20.1. The fraction of sp³-hybridized carbons (Fsp3) is 0.522. The van der Waals surface area contributed by atoms with Gasteiger partial charge in [-0.25, -0.2) is 4.98 Å². The summed E-state index contributed by atoms with van der Waals surface area (Å²) in [5, 5.41) is 3.05. The van der Waals surface area contributed by atoms with Crippen LogP contribution in [0.5, 0.6) is 0 Å². The predicted molar refractivity (Wildman–Crippen MR) is 111 cm³/mol. The van der Waals surface area contributed by atoms with E-state index in [0.29, 0.717) is 6.54 Å². The fourth-order valence-corrected chi connectivity index (χ4v) is 4.55. The van der Waals surface area contributed by atoms with E-state index in [1.807, 2.05) is 27.8 Å². The monoisotopic (exact) mass is 394 g/mol. The Morgan fingerprint density at radius 1 is 1.00 bits per heavy atom. The molecule has 1 aromatic carbocycles. The van der Waals surface area contributed by atoms with Crippen LogP contribution in [0.2, 0.25) is 0 Å². The van der Waals surface area contributed by atoms with Gasteiger partial charge in [0.15, 0.2) is 0 Å². The molecular formula is C23H30N4O2. The minimum atomic E-state index is -0.301. The first kappa shape index (κ1) is 19.7. The van der Waals surface area contributed by atoms with Crippen molar-refractivity contribution in [3.8, 4) is 0 Å². The van der Waals surface area contributed by atoms with E-state index in [0.717, 1.165) is 57.2 Å². The van der Waals surface area contributed by atoms with Crippen LogP contribution in [0.15, 0.2) is 43.0 Å². The largest absolute Gasteiger partial charge is 0.350 e. The van der Waals surface area contributed by atoms with Gasteiger partial charge in [-0.3, -0.25) is 9.59 Å². The normalized spacial score (nSPS) is 20.0. The van der Waals surface area contributed by atoms with Gasteiger partial charge in [-0.05, 0) is 36.8 Å². The summed E-state index contributed by atoms with van der Waals surface area (Å²) in [5.74, 6) is 0.306. The number of rotatable bonds is 6. The van der Waals surface area contributed by atoms with Crippen LogP contribution in [0.3, 0.4) is 0 Å². The zero-order valence-corrected chi connectivity index (χ0v) is 16.9. The van der Waals surface area contributed by atoms with Gasteiger partial charge in [-0.15, -0.1) is 0 Å². The summed E-state index contributed by atoms with van der Waals surface area (Å²) in [6.07, 6.45) is 12.7. The number of hydrogen-bond donors (Lipinski definition) is 1. The van der Waals surface area contributed by atoms with Gasteiger partial charge in [0.25, 0.3) is 0 Å². The molecule has 1 aromatic heterocycles. The second-order valence-electron chi connectivity index (χ2n) is 8.29. The summed E-state index contributed by atoms with van der Waals surface area (Å²) in [6.45, 7) is 2.00. The standard InChI is InChI=1S/C23H30N4O2/c28-22(21-7-4-13-27(21)23(29)20-5-2-1-3-6-20)25-15-18-8-10-19(11-9-18)16-26-14-12-24-17-26/h8-12,14,17,20-21H,1-7,13,15-16H2,(H,25,28)/t21-/m1/s1. The lowest BCUT2D eigenvalue weighted by Gasteiger charge is -2.30. The van der Waals surface area contributed by atoms with Crippen LogP contribution in [-0.4, -0.2) is 38.9 Å². The molecule has 2 amide bonds. The van der Waals surface area contributed by atoms with Gasteiger partial charge in [-0.2, -0.15) is 0 Å². The van der Waals surface area contributed by atoms with Gasteiger partial charge < -0.3 is 14.8 Å². The molecule has 2 aromatic rings. The van der Waals surface area contributed by atoms with Crippen molar-refractivity contribution in [1.82, 2.24) is 19.8 Å². The van der Waals surface area contributed by atoms with Crippen LogP contribution in [0.1, 0.15) is 56.1 Å². The molecule has 1 aliphatic carbocycles. The first-order chi connectivity index (χ1) is 14.2. The van der Waals surface area contributed by atoms with Crippen molar-refractivity contribution in [1.29, 1.82) is 0 Å². The minimum absolute atomic E-state index is 0.0193. The van der Waals surface area contributed by atoms with Gasteiger partial charge >= 0.3 is 0 Å². The van der Waals surface area contributed by atoms with E-state index in [2.05, 4.69) is 22.4 Å². The Bertz CT molecular complexity index is 810. The average Bonchev–Trinajstić information content (AvgIpc) is 3.45. The van der Waals surface area contributed by atoms with Gasteiger partial charge in [0.1, 0.15) is 6.04 Å². The van der Waals surface area contributed by atoms with Crippen LogP contribution in [0.4, 0.5) is 0 Å². The summed E-state index contributed by atoms with van der Waals surface area (Å²) in [5.41, 5.74) is 2.26. The Morgan fingerprint density at radius 2 is 1.76 bits per heavy atom. The van der Waals surface area contributed by atoms with E-state index < -0.39 is 0 Å². The molecule has 0 spiro atoms. The number of benzene rings is 1. The molecule has 4 rings (SSSR count). The molecule has 0 bridgehead atoms. The summed E-state index contributed by atoms with van der Waals surface area (Å²) >= 11 is 0. The number of hydrogen-bond acceptors (Lipinski definition) is 3. The Hall–Kier alpha value is -2.63. The number of nitrogens with zero attached hydrogens (tertiary/aromatic N) is 3. The van der Waals surface area contributed by atoms with Crippen LogP contribution >= 0.6 is 0 Å². The lowest BCUT2D eigenvalue weighted by molar-refractivity contribution is -0.142. The van der Waals surface area contributed by atoms with Crippen LogP contribution in [0.25, 0.3) is 0 Å². The number of carbonyl (C=O) groups excluding carboxylic acids is 2. The number of likely N-dealkylation sites (tertiary alicyclic amines) is 1. The highest BCUT2D eigenvalue weighted by Gasteiger charge is 2.37. The molecule has 2 heterocycles. The lowest BCUT2D eigenvalue weighted by atomic mass is 9.88. The smallest absolute Gasteiger partial charge is 0.243 e. The maximum absolute atomic E-state index is 12.9. The second kappa shape index (κ2) is 9.25. The number of carbonyl (C=O) groups is 2. The number of imidazole rings is 1. The van der Waals surface area contributed by atoms with Crippen LogP contribution in [0, 0.1) is 5.92 Å². The average molecular weight is 395 g/mol. The molecular weight excluding hydrogens is 364 g/mol. The molecule has 2 aliphatic rings. The van der Waals surface area contributed by atoms with E-state index in [-0.39, 0.29) is 23.8 Å². The molecule has 1 aliphatic heterocycles. The third-order valence-corrected chi connectivity index (χ3v) is 6.21. The number of amides is 2. The first-order valence-corrected chi connectivity index (χ1v) is 10.8. The van der Waals surface area contributed by atoms with Gasteiger partial charge in [-0.1, -0.05) is 43.5 Å². The lowest BCUT2D eigenvalue weighted by Crippen LogP contribution is -2.47. The number of nitrogens with one attached hydrogen (secondary N) is 1. The SMILES string of the molecule is O=C(NCc1ccc(Cn2ccnc2)cc1)[C@H]1CCCN1C(=O)C1CCCCC1. The highest BCUT2D eigenvalue weighted by atomic mass is 16.2. The van der Waals surface area contributed by atoms with E-state index in [1.54, 1.807) is 12.5 Å². The molecule has 1 saturated carbocycles. The summed E-state index contributed by atoms with van der Waals surface area (Å²) in [7, 11) is 0. The van der Waals surface area contributed by atoms with E-state index in [1.165, 1.54) is 12.0 Å². The Balaban J connectivity index is 1.29. The second-order valence-corrected chi connectivity index (χ2v) is 8.29. The summed E-state index contributed by atoms with van der Waals surface area (Å²) in [4.78, 5) is 31.6. The molecule has 1 atom stereocenters. The van der Waals surface area contributed by atoms with E-state index in [9.17, 15) is 9.59 Å². The molecule has 2 fully saturated rings. The third kappa shape index (κ3) is 4.86. The third-order valence-electron chi connectivity index (χ3n) is 6.21.